The molecule has 128 valence electrons. The van der Waals surface area contributed by atoms with E-state index in [2.05, 4.69) is 31.9 Å². The summed E-state index contributed by atoms with van der Waals surface area (Å²) in [5.74, 6) is 2.09. The summed E-state index contributed by atoms with van der Waals surface area (Å²) < 4.78 is 18.0. The van der Waals surface area contributed by atoms with Crippen LogP contribution in [0.1, 0.15) is 12.8 Å². The molecule has 24 heavy (non-hydrogen) atoms. The fourth-order valence-corrected chi connectivity index (χ4v) is 3.26. The molecule has 0 saturated carbocycles. The maximum Gasteiger partial charge on any atom is 0.203 e. The number of hydrogen-bond acceptors (Lipinski definition) is 5. The minimum atomic E-state index is 0.145. The number of ether oxygens (including phenoxy) is 3. The van der Waals surface area contributed by atoms with Gasteiger partial charge in [-0.1, -0.05) is 6.07 Å². The Labute approximate surface area is 150 Å². The molecular formula is C18H21BrN2O3. The molecule has 1 fully saturated rings. The first-order valence-corrected chi connectivity index (χ1v) is 8.73. The minimum Gasteiger partial charge on any atom is -0.493 e. The normalized spacial score (nSPS) is 15.2. The Bertz CT molecular complexity index is 665. The van der Waals surface area contributed by atoms with Crippen LogP contribution >= 0.6 is 15.9 Å². The fourth-order valence-electron chi connectivity index (χ4n) is 2.91. The lowest BCUT2D eigenvalue weighted by atomic mass is 10.1. The topological polar surface area (TPSA) is 43.8 Å². The van der Waals surface area contributed by atoms with E-state index >= 15 is 0 Å². The van der Waals surface area contributed by atoms with Gasteiger partial charge in [0, 0.05) is 36.6 Å². The Morgan fingerprint density at radius 2 is 1.75 bits per heavy atom. The first-order chi connectivity index (χ1) is 11.7. The molecule has 1 saturated heterocycles. The molecule has 5 nitrogen and oxygen atoms in total. The second-order valence-corrected chi connectivity index (χ2v) is 6.57. The van der Waals surface area contributed by atoms with Crippen molar-refractivity contribution in [3.05, 3.63) is 41.1 Å². The van der Waals surface area contributed by atoms with Crippen LogP contribution in [0.2, 0.25) is 0 Å². The first kappa shape index (κ1) is 16.9. The zero-order chi connectivity index (χ0) is 16.9. The summed E-state index contributed by atoms with van der Waals surface area (Å²) in [6, 6.07) is 7.77. The van der Waals surface area contributed by atoms with E-state index < -0.39 is 0 Å². The van der Waals surface area contributed by atoms with Crippen molar-refractivity contribution in [3.63, 3.8) is 0 Å². The Kier molecular flexibility index (Phi) is 5.45. The van der Waals surface area contributed by atoms with Gasteiger partial charge in [0.15, 0.2) is 11.5 Å². The molecule has 0 spiro atoms. The highest BCUT2D eigenvalue weighted by Gasteiger charge is 2.23. The summed E-state index contributed by atoms with van der Waals surface area (Å²) in [4.78, 5) is 6.57. The molecule has 0 unspecified atom stereocenters. The van der Waals surface area contributed by atoms with Crippen LogP contribution in [-0.2, 0) is 0 Å². The third-order valence-corrected chi connectivity index (χ3v) is 4.60. The van der Waals surface area contributed by atoms with E-state index in [1.807, 2.05) is 24.4 Å². The number of pyridine rings is 1. The lowest BCUT2D eigenvalue weighted by molar-refractivity contribution is 0.158. The van der Waals surface area contributed by atoms with Crippen molar-refractivity contribution in [2.45, 2.75) is 18.9 Å². The highest BCUT2D eigenvalue weighted by Crippen LogP contribution is 2.38. The van der Waals surface area contributed by atoms with Gasteiger partial charge in [-0.15, -0.1) is 0 Å². The number of nitrogens with zero attached hydrogens (tertiary/aromatic N) is 2. The number of piperidine rings is 1. The standard InChI is InChI=1S/C18H21BrN2O3/c1-22-16-4-3-5-17(23-2)18(16)24-15-6-8-21(9-7-15)14-10-13(19)11-20-12-14/h3-5,10-12,15H,6-9H2,1-2H3. The third-order valence-electron chi connectivity index (χ3n) is 4.16. The van der Waals surface area contributed by atoms with Gasteiger partial charge >= 0.3 is 0 Å². The first-order valence-electron chi connectivity index (χ1n) is 7.94. The van der Waals surface area contributed by atoms with E-state index in [0.717, 1.165) is 36.1 Å². The van der Waals surface area contributed by atoms with E-state index in [0.29, 0.717) is 17.2 Å². The van der Waals surface area contributed by atoms with Gasteiger partial charge < -0.3 is 19.1 Å². The van der Waals surface area contributed by atoms with Crippen molar-refractivity contribution in [3.8, 4) is 17.2 Å². The summed E-state index contributed by atoms with van der Waals surface area (Å²) in [6.45, 7) is 1.86. The van der Waals surface area contributed by atoms with Gasteiger partial charge in [0.25, 0.3) is 0 Å². The largest absolute Gasteiger partial charge is 0.493 e. The molecule has 2 heterocycles. The molecule has 6 heteroatoms. The van der Waals surface area contributed by atoms with Gasteiger partial charge in [0.2, 0.25) is 5.75 Å². The van der Waals surface area contributed by atoms with Gasteiger partial charge in [-0.25, -0.2) is 0 Å². The summed E-state index contributed by atoms with van der Waals surface area (Å²) in [6.07, 6.45) is 5.72. The predicted octanol–water partition coefficient (Wildman–Crippen LogP) is 3.91. The van der Waals surface area contributed by atoms with Crippen LogP contribution in [0.25, 0.3) is 0 Å². The number of aromatic nitrogens is 1. The number of hydrogen-bond donors (Lipinski definition) is 0. The van der Waals surface area contributed by atoms with Gasteiger partial charge in [-0.2, -0.15) is 0 Å². The van der Waals surface area contributed by atoms with Gasteiger partial charge in [-0.3, -0.25) is 4.98 Å². The van der Waals surface area contributed by atoms with Crippen LogP contribution in [0.3, 0.4) is 0 Å². The van der Waals surface area contributed by atoms with Crippen molar-refractivity contribution >= 4 is 21.6 Å². The monoisotopic (exact) mass is 392 g/mol. The molecule has 2 aromatic rings. The molecular weight excluding hydrogens is 372 g/mol. The van der Waals surface area contributed by atoms with Gasteiger partial charge in [-0.05, 0) is 34.1 Å². The average molecular weight is 393 g/mol. The molecule has 0 aliphatic carbocycles. The second-order valence-electron chi connectivity index (χ2n) is 5.66. The summed E-state index contributed by atoms with van der Waals surface area (Å²) >= 11 is 3.47. The number of methoxy groups -OCH3 is 2. The van der Waals surface area contributed by atoms with Crippen molar-refractivity contribution in [1.82, 2.24) is 4.98 Å². The average Bonchev–Trinajstić information content (AvgIpc) is 2.62. The summed E-state index contributed by atoms with van der Waals surface area (Å²) in [5.41, 5.74) is 1.14. The molecule has 1 aromatic carbocycles. The zero-order valence-corrected chi connectivity index (χ0v) is 15.5. The van der Waals surface area contributed by atoms with Gasteiger partial charge in [0.05, 0.1) is 26.1 Å². The second kappa shape index (κ2) is 7.75. The van der Waals surface area contributed by atoms with E-state index in [9.17, 15) is 0 Å². The molecule has 0 bridgehead atoms. The molecule has 0 radical (unpaired) electrons. The van der Waals surface area contributed by atoms with Crippen molar-refractivity contribution in [2.75, 3.05) is 32.2 Å². The summed E-state index contributed by atoms with van der Waals surface area (Å²) in [5, 5.41) is 0. The maximum absolute atomic E-state index is 6.21. The van der Waals surface area contributed by atoms with Crippen LogP contribution < -0.4 is 19.1 Å². The van der Waals surface area contributed by atoms with Crippen molar-refractivity contribution in [2.24, 2.45) is 0 Å². The fraction of sp³-hybridized carbons (Fsp3) is 0.389. The number of benzene rings is 1. The van der Waals surface area contributed by atoms with Crippen LogP contribution in [0.15, 0.2) is 41.1 Å². The lowest BCUT2D eigenvalue weighted by Crippen LogP contribution is -2.38. The molecule has 0 N–H and O–H groups in total. The Hall–Kier alpha value is -1.95. The molecule has 0 atom stereocenters. The summed E-state index contributed by atoms with van der Waals surface area (Å²) in [7, 11) is 3.29. The van der Waals surface area contributed by atoms with E-state index in [1.54, 1.807) is 20.4 Å². The maximum atomic E-state index is 6.21. The minimum absolute atomic E-state index is 0.145. The van der Waals surface area contributed by atoms with Crippen LogP contribution in [0, 0.1) is 0 Å². The van der Waals surface area contributed by atoms with Crippen molar-refractivity contribution in [1.29, 1.82) is 0 Å². The van der Waals surface area contributed by atoms with Crippen molar-refractivity contribution < 1.29 is 14.2 Å². The third kappa shape index (κ3) is 3.75. The highest BCUT2D eigenvalue weighted by molar-refractivity contribution is 9.10. The predicted molar refractivity (Wildman–Crippen MR) is 97.3 cm³/mol. The van der Waals surface area contributed by atoms with E-state index in [4.69, 9.17) is 14.2 Å². The van der Waals surface area contributed by atoms with Crippen LogP contribution in [-0.4, -0.2) is 38.4 Å². The number of anilines is 1. The molecule has 0 amide bonds. The molecule has 1 aliphatic rings. The number of para-hydroxylation sites is 1. The lowest BCUT2D eigenvalue weighted by Gasteiger charge is -2.34. The van der Waals surface area contributed by atoms with Crippen LogP contribution in [0.5, 0.6) is 17.2 Å². The van der Waals surface area contributed by atoms with E-state index in [1.165, 1.54) is 0 Å². The number of rotatable bonds is 5. The van der Waals surface area contributed by atoms with E-state index in [-0.39, 0.29) is 6.10 Å². The number of halogens is 1. The SMILES string of the molecule is COc1cccc(OC)c1OC1CCN(c2cncc(Br)c2)CC1. The molecule has 3 rings (SSSR count). The van der Waals surface area contributed by atoms with Crippen LogP contribution in [0.4, 0.5) is 5.69 Å². The molecule has 1 aliphatic heterocycles. The Balaban J connectivity index is 1.66. The quantitative estimate of drug-likeness (QED) is 0.771. The Morgan fingerprint density at radius 3 is 2.33 bits per heavy atom. The Morgan fingerprint density at radius 1 is 1.08 bits per heavy atom. The highest BCUT2D eigenvalue weighted by atomic mass is 79.9. The van der Waals surface area contributed by atoms with Gasteiger partial charge in [0.1, 0.15) is 6.10 Å². The molecule has 1 aromatic heterocycles. The zero-order valence-electron chi connectivity index (χ0n) is 13.9. The smallest absolute Gasteiger partial charge is 0.203 e.